The van der Waals surface area contributed by atoms with Gasteiger partial charge in [-0.2, -0.15) is 0 Å². The molecule has 0 amide bonds. The molecule has 0 heterocycles. The van der Waals surface area contributed by atoms with Crippen LogP contribution in [0.1, 0.15) is 11.6 Å². The molecule has 2 aromatic carbocycles. The summed E-state index contributed by atoms with van der Waals surface area (Å²) in [6.07, 6.45) is 0. The van der Waals surface area contributed by atoms with Gasteiger partial charge in [0.2, 0.25) is 0 Å². The zero-order valence-corrected chi connectivity index (χ0v) is 11.1. The van der Waals surface area contributed by atoms with Gasteiger partial charge in [0.15, 0.2) is 6.04 Å². The minimum absolute atomic E-state index is 0.0663. The third kappa shape index (κ3) is 3.47. The minimum Gasteiger partial charge on any atom is -0.508 e. The number of ether oxygens (including phenoxy) is 1. The number of phenolic OH excluding ortho intramolecular Hbond substituents is 1. The van der Waals surface area contributed by atoms with E-state index < -0.39 is 23.6 Å². The molecule has 0 fully saturated rings. The molecule has 1 atom stereocenters. The number of para-hydroxylation sites is 1. The number of rotatable bonds is 4. The maximum Gasteiger partial charge on any atom is 0.332 e. The van der Waals surface area contributed by atoms with Crippen LogP contribution in [0.3, 0.4) is 0 Å². The number of hydrogen-bond donors (Lipinski definition) is 2. The molecule has 110 valence electrons. The van der Waals surface area contributed by atoms with Crippen molar-refractivity contribution in [3.63, 3.8) is 0 Å². The van der Waals surface area contributed by atoms with Crippen LogP contribution in [-0.4, -0.2) is 18.2 Å². The summed E-state index contributed by atoms with van der Waals surface area (Å²) >= 11 is 0. The molecule has 0 saturated carbocycles. The Labute approximate surface area is 120 Å². The fourth-order valence-electron chi connectivity index (χ4n) is 1.89. The summed E-state index contributed by atoms with van der Waals surface area (Å²) < 4.78 is 31.6. The second-order valence-electron chi connectivity index (χ2n) is 4.32. The number of hydrogen-bond acceptors (Lipinski definition) is 4. The molecule has 0 aromatic heterocycles. The number of methoxy groups -OCH3 is 1. The maximum atomic E-state index is 13.7. The molecule has 0 saturated heterocycles. The highest BCUT2D eigenvalue weighted by atomic mass is 19.1. The predicted octanol–water partition coefficient (Wildman–Crippen LogP) is 3.00. The summed E-state index contributed by atoms with van der Waals surface area (Å²) in [5.74, 6) is -2.35. The molecule has 2 aromatic rings. The van der Waals surface area contributed by atoms with E-state index >= 15 is 0 Å². The highest BCUT2D eigenvalue weighted by molar-refractivity contribution is 5.81. The van der Waals surface area contributed by atoms with Crippen LogP contribution in [0.15, 0.2) is 42.5 Å². The Kier molecular flexibility index (Phi) is 4.37. The summed E-state index contributed by atoms with van der Waals surface area (Å²) in [5.41, 5.74) is 0.194. The number of esters is 1. The van der Waals surface area contributed by atoms with Crippen LogP contribution in [0.2, 0.25) is 0 Å². The molecule has 2 N–H and O–H groups in total. The fraction of sp³-hybridized carbons (Fsp3) is 0.133. The number of halogens is 2. The Morgan fingerprint density at radius 3 is 2.57 bits per heavy atom. The molecule has 0 aliphatic heterocycles. The smallest absolute Gasteiger partial charge is 0.332 e. The molecule has 0 radical (unpaired) electrons. The lowest BCUT2D eigenvalue weighted by molar-refractivity contribution is -0.141. The van der Waals surface area contributed by atoms with Gasteiger partial charge in [0.1, 0.15) is 17.4 Å². The average Bonchev–Trinajstić information content (AvgIpc) is 2.44. The van der Waals surface area contributed by atoms with Crippen molar-refractivity contribution in [2.45, 2.75) is 6.04 Å². The Morgan fingerprint density at radius 1 is 1.24 bits per heavy atom. The van der Waals surface area contributed by atoms with Gasteiger partial charge in [-0.15, -0.1) is 0 Å². The lowest BCUT2D eigenvalue weighted by Gasteiger charge is -2.18. The van der Waals surface area contributed by atoms with Gasteiger partial charge < -0.3 is 15.2 Å². The van der Waals surface area contributed by atoms with Crippen molar-refractivity contribution < 1.29 is 23.4 Å². The number of anilines is 1. The van der Waals surface area contributed by atoms with Crippen molar-refractivity contribution in [1.29, 1.82) is 0 Å². The van der Waals surface area contributed by atoms with Crippen LogP contribution in [0.25, 0.3) is 0 Å². The van der Waals surface area contributed by atoms with Crippen molar-refractivity contribution >= 4 is 11.7 Å². The number of phenols is 1. The van der Waals surface area contributed by atoms with Gasteiger partial charge in [-0.1, -0.05) is 12.1 Å². The van der Waals surface area contributed by atoms with E-state index in [1.165, 1.54) is 24.3 Å². The second kappa shape index (κ2) is 6.21. The number of aromatic hydroxyl groups is 1. The van der Waals surface area contributed by atoms with Crippen molar-refractivity contribution in [3.8, 4) is 5.75 Å². The lowest BCUT2D eigenvalue weighted by atomic mass is 10.1. The fourth-order valence-corrected chi connectivity index (χ4v) is 1.89. The van der Waals surface area contributed by atoms with Gasteiger partial charge in [-0.3, -0.25) is 0 Å². The Bertz CT molecular complexity index is 641. The topological polar surface area (TPSA) is 58.6 Å². The summed E-state index contributed by atoms with van der Waals surface area (Å²) in [6, 6.07) is 7.77. The highest BCUT2D eigenvalue weighted by Gasteiger charge is 2.23. The van der Waals surface area contributed by atoms with Gasteiger partial charge in [0.25, 0.3) is 0 Å². The molecule has 0 aliphatic carbocycles. The molecule has 1 unspecified atom stereocenters. The van der Waals surface area contributed by atoms with E-state index in [9.17, 15) is 18.7 Å². The van der Waals surface area contributed by atoms with Crippen molar-refractivity contribution in [3.05, 3.63) is 59.7 Å². The van der Waals surface area contributed by atoms with Crippen molar-refractivity contribution in [1.82, 2.24) is 0 Å². The van der Waals surface area contributed by atoms with Crippen LogP contribution in [-0.2, 0) is 9.53 Å². The largest absolute Gasteiger partial charge is 0.508 e. The average molecular weight is 293 g/mol. The molecule has 0 spiro atoms. The zero-order valence-electron chi connectivity index (χ0n) is 11.1. The van der Waals surface area contributed by atoms with Crippen LogP contribution >= 0.6 is 0 Å². The van der Waals surface area contributed by atoms with Crippen LogP contribution in [0.5, 0.6) is 5.75 Å². The van der Waals surface area contributed by atoms with Gasteiger partial charge in [0, 0.05) is 6.07 Å². The number of nitrogens with one attached hydrogen (secondary N) is 1. The van der Waals surface area contributed by atoms with Gasteiger partial charge in [-0.05, 0) is 29.8 Å². The van der Waals surface area contributed by atoms with Crippen LogP contribution in [0.4, 0.5) is 14.5 Å². The first-order chi connectivity index (χ1) is 10.0. The lowest BCUT2D eigenvalue weighted by Crippen LogP contribution is -2.23. The number of carbonyl (C=O) groups excluding carboxylic acids is 1. The monoisotopic (exact) mass is 293 g/mol. The number of carbonyl (C=O) groups is 1. The maximum absolute atomic E-state index is 13.7. The molecule has 21 heavy (non-hydrogen) atoms. The van der Waals surface area contributed by atoms with Gasteiger partial charge >= 0.3 is 5.97 Å². The molecular formula is C15H13F2NO3. The Hall–Kier alpha value is -2.63. The minimum atomic E-state index is -1.14. The highest BCUT2D eigenvalue weighted by Crippen LogP contribution is 2.26. The molecule has 2 rings (SSSR count). The quantitative estimate of drug-likeness (QED) is 0.851. The summed E-state index contributed by atoms with van der Waals surface area (Å²) in [4.78, 5) is 11.8. The van der Waals surface area contributed by atoms with E-state index in [1.54, 1.807) is 6.07 Å². The van der Waals surface area contributed by atoms with Gasteiger partial charge in [0.05, 0.1) is 12.8 Å². The zero-order chi connectivity index (χ0) is 15.4. The Morgan fingerprint density at radius 2 is 1.95 bits per heavy atom. The van der Waals surface area contributed by atoms with E-state index in [2.05, 4.69) is 10.1 Å². The van der Waals surface area contributed by atoms with Crippen molar-refractivity contribution in [2.24, 2.45) is 0 Å². The normalized spacial score (nSPS) is 11.8. The van der Waals surface area contributed by atoms with E-state index in [0.717, 1.165) is 19.2 Å². The van der Waals surface area contributed by atoms with E-state index in [1.807, 2.05) is 0 Å². The Balaban J connectivity index is 2.39. The second-order valence-corrected chi connectivity index (χ2v) is 4.32. The standard InChI is InChI=1S/C15H13F2NO3/c1-21-15(20)14(9-6-10(16)8-11(19)7-9)18-13-5-3-2-4-12(13)17/h2-8,14,18-19H,1H3. The predicted molar refractivity (Wildman–Crippen MR) is 72.8 cm³/mol. The van der Waals surface area contributed by atoms with Crippen molar-refractivity contribution in [2.75, 3.05) is 12.4 Å². The van der Waals surface area contributed by atoms with Crippen LogP contribution in [0, 0.1) is 11.6 Å². The molecule has 0 aliphatic rings. The SMILES string of the molecule is COC(=O)C(Nc1ccccc1F)c1cc(O)cc(F)c1. The third-order valence-electron chi connectivity index (χ3n) is 2.85. The van der Waals surface area contributed by atoms with Gasteiger partial charge in [-0.25, -0.2) is 13.6 Å². The molecular weight excluding hydrogens is 280 g/mol. The van der Waals surface area contributed by atoms with E-state index in [4.69, 9.17) is 0 Å². The summed E-state index contributed by atoms with van der Waals surface area (Å²) in [6.45, 7) is 0. The molecule has 4 nitrogen and oxygen atoms in total. The first kappa shape index (κ1) is 14.8. The van der Waals surface area contributed by atoms with Crippen LogP contribution < -0.4 is 5.32 Å². The molecule has 0 bridgehead atoms. The molecule has 6 heteroatoms. The summed E-state index contributed by atoms with van der Waals surface area (Å²) in [5, 5.41) is 12.1. The third-order valence-corrected chi connectivity index (χ3v) is 2.85. The van der Waals surface area contributed by atoms with E-state index in [-0.39, 0.29) is 17.0 Å². The van der Waals surface area contributed by atoms with E-state index in [0.29, 0.717) is 0 Å². The summed E-state index contributed by atoms with van der Waals surface area (Å²) in [7, 11) is 1.16. The first-order valence-electron chi connectivity index (χ1n) is 6.09. The first-order valence-corrected chi connectivity index (χ1v) is 6.09. The number of benzene rings is 2.